The normalized spacial score (nSPS) is 40.3. The van der Waals surface area contributed by atoms with Crippen molar-refractivity contribution >= 4 is 5.78 Å². The van der Waals surface area contributed by atoms with E-state index in [0.717, 1.165) is 12.8 Å². The van der Waals surface area contributed by atoms with Crippen molar-refractivity contribution in [1.29, 1.82) is 0 Å². The van der Waals surface area contributed by atoms with Crippen molar-refractivity contribution in [1.82, 2.24) is 0 Å². The van der Waals surface area contributed by atoms with Crippen molar-refractivity contribution in [3.05, 3.63) is 11.6 Å². The van der Waals surface area contributed by atoms with Crippen molar-refractivity contribution in [2.45, 2.75) is 67.7 Å². The first kappa shape index (κ1) is 14.8. The predicted molar refractivity (Wildman–Crippen MR) is 80.9 cm³/mol. The largest absolute Gasteiger partial charge is 0.299 e. The summed E-state index contributed by atoms with van der Waals surface area (Å²) in [6.07, 6.45) is 5.64. The summed E-state index contributed by atoms with van der Waals surface area (Å²) in [5.74, 6) is 1.64. The van der Waals surface area contributed by atoms with Gasteiger partial charge in [-0.05, 0) is 48.9 Å². The Balaban J connectivity index is 2.46. The lowest BCUT2D eigenvalue weighted by Crippen LogP contribution is -2.48. The van der Waals surface area contributed by atoms with Crippen molar-refractivity contribution in [3.8, 4) is 0 Å². The number of hydrogen-bond donors (Lipinski definition) is 0. The second-order valence-corrected chi connectivity index (χ2v) is 8.55. The maximum Gasteiger partial charge on any atom is 0.136 e. The maximum atomic E-state index is 12.0. The minimum atomic E-state index is -0.137. The average molecular weight is 262 g/mol. The van der Waals surface area contributed by atoms with Crippen molar-refractivity contribution in [3.63, 3.8) is 0 Å². The van der Waals surface area contributed by atoms with E-state index in [2.05, 4.69) is 47.6 Å². The summed E-state index contributed by atoms with van der Waals surface area (Å²) in [5.41, 5.74) is 2.09. The summed E-state index contributed by atoms with van der Waals surface area (Å²) < 4.78 is 0. The molecule has 19 heavy (non-hydrogen) atoms. The van der Waals surface area contributed by atoms with Crippen LogP contribution in [0.1, 0.15) is 67.7 Å². The second-order valence-electron chi connectivity index (χ2n) is 8.55. The van der Waals surface area contributed by atoms with Gasteiger partial charge in [-0.2, -0.15) is 0 Å². The number of Topliss-reactive ketones (excluding diaryl/α,β-unsaturated/α-hetero) is 1. The molecule has 0 bridgehead atoms. The highest BCUT2D eigenvalue weighted by molar-refractivity contribution is 5.82. The van der Waals surface area contributed by atoms with Crippen LogP contribution in [0.15, 0.2) is 11.6 Å². The molecule has 0 aliphatic heterocycles. The van der Waals surface area contributed by atoms with E-state index in [-0.39, 0.29) is 10.8 Å². The van der Waals surface area contributed by atoms with E-state index in [0.29, 0.717) is 23.0 Å². The number of hydrogen-bond acceptors (Lipinski definition) is 1. The fourth-order valence-corrected chi connectivity index (χ4v) is 4.29. The topological polar surface area (TPSA) is 17.1 Å². The zero-order valence-electron chi connectivity index (χ0n) is 13.8. The molecule has 2 aliphatic rings. The monoisotopic (exact) mass is 262 g/mol. The lowest BCUT2D eigenvalue weighted by Gasteiger charge is -2.56. The Labute approximate surface area is 118 Å². The second kappa shape index (κ2) is 4.20. The molecule has 2 rings (SSSR count). The summed E-state index contributed by atoms with van der Waals surface area (Å²) in [6.45, 7) is 15.9. The Bertz CT molecular complexity index is 427. The van der Waals surface area contributed by atoms with Gasteiger partial charge in [0.25, 0.3) is 0 Å². The minimum absolute atomic E-state index is 0.137. The van der Waals surface area contributed by atoms with Gasteiger partial charge in [-0.25, -0.2) is 0 Å². The lowest BCUT2D eigenvalue weighted by atomic mass is 9.49. The van der Waals surface area contributed by atoms with Crippen molar-refractivity contribution < 1.29 is 4.79 Å². The Morgan fingerprint density at radius 2 is 1.74 bits per heavy atom. The van der Waals surface area contributed by atoms with E-state index >= 15 is 0 Å². The molecule has 0 radical (unpaired) electrons. The van der Waals surface area contributed by atoms with Gasteiger partial charge in [0.2, 0.25) is 0 Å². The SMILES string of the molecule is CC(=O)C1(C)CC=C2C(C1)C(C)(C)CC(C)C2(C)C. The van der Waals surface area contributed by atoms with E-state index < -0.39 is 0 Å². The fraction of sp³-hybridized carbons (Fsp3) is 0.833. The molecule has 0 aromatic rings. The maximum absolute atomic E-state index is 12.0. The molecule has 0 spiro atoms. The van der Waals surface area contributed by atoms with Crippen LogP contribution >= 0.6 is 0 Å². The van der Waals surface area contributed by atoms with Crippen LogP contribution in [0.5, 0.6) is 0 Å². The summed E-state index contributed by atoms with van der Waals surface area (Å²) in [5, 5.41) is 0. The van der Waals surface area contributed by atoms with Gasteiger partial charge < -0.3 is 0 Å². The highest BCUT2D eigenvalue weighted by atomic mass is 16.1. The number of carbonyl (C=O) groups is 1. The van der Waals surface area contributed by atoms with Gasteiger partial charge in [-0.15, -0.1) is 0 Å². The number of carbonyl (C=O) groups excluding carboxylic acids is 1. The first-order chi connectivity index (χ1) is 8.51. The first-order valence-corrected chi connectivity index (χ1v) is 7.72. The zero-order valence-corrected chi connectivity index (χ0v) is 13.8. The van der Waals surface area contributed by atoms with Crippen LogP contribution in [0.25, 0.3) is 0 Å². The van der Waals surface area contributed by atoms with Gasteiger partial charge in [-0.1, -0.05) is 53.2 Å². The molecular formula is C18H30O. The van der Waals surface area contributed by atoms with Crippen LogP contribution in [0.4, 0.5) is 0 Å². The summed E-state index contributed by atoms with van der Waals surface area (Å²) in [6, 6.07) is 0. The van der Waals surface area contributed by atoms with Gasteiger partial charge in [-0.3, -0.25) is 4.79 Å². The number of allylic oxidation sites excluding steroid dienone is 2. The van der Waals surface area contributed by atoms with E-state index in [4.69, 9.17) is 0 Å². The van der Waals surface area contributed by atoms with Gasteiger partial charge in [0, 0.05) is 5.41 Å². The quantitative estimate of drug-likeness (QED) is 0.607. The summed E-state index contributed by atoms with van der Waals surface area (Å²) in [7, 11) is 0. The summed E-state index contributed by atoms with van der Waals surface area (Å²) in [4.78, 5) is 12.0. The summed E-state index contributed by atoms with van der Waals surface area (Å²) >= 11 is 0. The molecule has 0 aromatic carbocycles. The molecule has 1 heteroatoms. The molecule has 3 unspecified atom stereocenters. The van der Waals surface area contributed by atoms with E-state index in [9.17, 15) is 4.79 Å². The van der Waals surface area contributed by atoms with Crippen LogP contribution in [0.2, 0.25) is 0 Å². The Morgan fingerprint density at radius 3 is 2.26 bits per heavy atom. The highest BCUT2D eigenvalue weighted by Gasteiger charge is 2.51. The fourth-order valence-electron chi connectivity index (χ4n) is 4.29. The van der Waals surface area contributed by atoms with Crippen LogP contribution in [0, 0.1) is 28.1 Å². The van der Waals surface area contributed by atoms with Crippen LogP contribution in [0.3, 0.4) is 0 Å². The smallest absolute Gasteiger partial charge is 0.136 e. The van der Waals surface area contributed by atoms with Crippen LogP contribution < -0.4 is 0 Å². The van der Waals surface area contributed by atoms with Gasteiger partial charge in [0.05, 0.1) is 0 Å². The predicted octanol–water partition coefficient (Wildman–Crippen LogP) is 5.01. The van der Waals surface area contributed by atoms with Crippen molar-refractivity contribution in [2.75, 3.05) is 0 Å². The molecule has 108 valence electrons. The third-order valence-electron chi connectivity index (χ3n) is 6.40. The zero-order chi connectivity index (χ0) is 14.6. The standard InChI is InChI=1S/C18H30O/c1-12-10-16(3,4)15-11-18(7,13(2)19)9-8-14(15)17(12,5)6/h8,12,15H,9-11H2,1-7H3. The van der Waals surface area contributed by atoms with Crippen LogP contribution in [-0.2, 0) is 4.79 Å². The Hall–Kier alpha value is -0.590. The lowest BCUT2D eigenvalue weighted by molar-refractivity contribution is -0.128. The molecule has 1 nitrogen and oxygen atoms in total. The highest BCUT2D eigenvalue weighted by Crippen LogP contribution is 2.60. The van der Waals surface area contributed by atoms with E-state index in [1.807, 2.05) is 0 Å². The van der Waals surface area contributed by atoms with Gasteiger partial charge in [0.1, 0.15) is 5.78 Å². The molecule has 0 saturated heterocycles. The minimum Gasteiger partial charge on any atom is -0.299 e. The first-order valence-electron chi connectivity index (χ1n) is 7.72. The average Bonchev–Trinajstić information content (AvgIpc) is 2.26. The van der Waals surface area contributed by atoms with Gasteiger partial charge in [0.15, 0.2) is 0 Å². The molecule has 0 aromatic heterocycles. The number of rotatable bonds is 1. The molecule has 0 heterocycles. The Morgan fingerprint density at radius 1 is 1.16 bits per heavy atom. The number of ketones is 1. The van der Waals surface area contributed by atoms with Crippen LogP contribution in [-0.4, -0.2) is 5.78 Å². The third kappa shape index (κ3) is 2.19. The third-order valence-corrected chi connectivity index (χ3v) is 6.40. The molecule has 2 aliphatic carbocycles. The van der Waals surface area contributed by atoms with Gasteiger partial charge >= 0.3 is 0 Å². The molecule has 3 atom stereocenters. The van der Waals surface area contributed by atoms with Crippen molar-refractivity contribution in [2.24, 2.45) is 28.1 Å². The Kier molecular flexibility index (Phi) is 3.27. The number of fused-ring (bicyclic) bond motifs is 1. The molecule has 1 fully saturated rings. The molecule has 0 N–H and O–H groups in total. The van der Waals surface area contributed by atoms with E-state index in [1.165, 1.54) is 6.42 Å². The molecule has 1 saturated carbocycles. The van der Waals surface area contributed by atoms with E-state index in [1.54, 1.807) is 12.5 Å². The molecule has 0 amide bonds. The molecular weight excluding hydrogens is 232 g/mol.